The van der Waals surface area contributed by atoms with Gasteiger partial charge in [-0.25, -0.2) is 8.42 Å². The second kappa shape index (κ2) is 8.62. The van der Waals surface area contributed by atoms with Gasteiger partial charge in [-0.1, -0.05) is 48.0 Å². The Bertz CT molecular complexity index is 1010. The molecule has 29 heavy (non-hydrogen) atoms. The van der Waals surface area contributed by atoms with Crippen molar-refractivity contribution in [1.29, 1.82) is 0 Å². The quantitative estimate of drug-likeness (QED) is 0.643. The zero-order valence-corrected chi connectivity index (χ0v) is 17.0. The molecule has 2 aromatic rings. The monoisotopic (exact) mass is 436 g/mol. The minimum absolute atomic E-state index is 0.0380. The Kier molecular flexibility index (Phi) is 6.38. The number of hydrogen-bond donors (Lipinski definition) is 2. The molecule has 1 unspecified atom stereocenters. The Morgan fingerprint density at radius 1 is 1.14 bits per heavy atom. The van der Waals surface area contributed by atoms with Gasteiger partial charge in [0, 0.05) is 11.6 Å². The van der Waals surface area contributed by atoms with E-state index >= 15 is 0 Å². The fourth-order valence-electron chi connectivity index (χ4n) is 3.60. The van der Waals surface area contributed by atoms with E-state index in [1.54, 1.807) is 36.4 Å². The number of rotatable bonds is 7. The van der Waals surface area contributed by atoms with Crippen LogP contribution in [-0.2, 0) is 19.6 Å². The Hall–Kier alpha value is -2.26. The van der Waals surface area contributed by atoms with Gasteiger partial charge in [0.2, 0.25) is 10.0 Å². The van der Waals surface area contributed by atoms with E-state index in [0.29, 0.717) is 12.0 Å². The van der Waals surface area contributed by atoms with Crippen LogP contribution >= 0.6 is 11.6 Å². The molecule has 0 radical (unpaired) electrons. The topological polar surface area (TPSA) is 118 Å². The molecule has 154 valence electrons. The number of carboxylic acids is 1. The lowest BCUT2D eigenvalue weighted by Gasteiger charge is -2.27. The predicted octanol–water partition coefficient (Wildman–Crippen LogP) is 2.46. The number of nitrogens with zero attached hydrogens (tertiary/aromatic N) is 1. The molecule has 9 heteroatoms. The van der Waals surface area contributed by atoms with Crippen LogP contribution in [-0.4, -0.2) is 42.2 Å². The molecule has 1 saturated heterocycles. The maximum absolute atomic E-state index is 13.2. The molecule has 0 aliphatic carbocycles. The number of carbonyl (C=O) groups is 2. The normalized spacial score (nSPS) is 19.6. The Balaban J connectivity index is 1.93. The van der Waals surface area contributed by atoms with Crippen LogP contribution in [0.1, 0.15) is 24.4 Å². The van der Waals surface area contributed by atoms with Crippen molar-refractivity contribution in [2.24, 2.45) is 11.7 Å². The van der Waals surface area contributed by atoms with Crippen molar-refractivity contribution in [3.63, 3.8) is 0 Å². The zero-order valence-electron chi connectivity index (χ0n) is 15.4. The van der Waals surface area contributed by atoms with Crippen molar-refractivity contribution in [1.82, 2.24) is 4.31 Å². The first-order valence-electron chi connectivity index (χ1n) is 9.08. The summed E-state index contributed by atoms with van der Waals surface area (Å²) in [7, 11) is -4.01. The lowest BCUT2D eigenvalue weighted by atomic mass is 9.87. The highest BCUT2D eigenvalue weighted by atomic mass is 35.5. The van der Waals surface area contributed by atoms with E-state index in [4.69, 9.17) is 17.3 Å². The van der Waals surface area contributed by atoms with Gasteiger partial charge in [-0.2, -0.15) is 4.31 Å². The van der Waals surface area contributed by atoms with E-state index in [-0.39, 0.29) is 22.9 Å². The molecule has 0 spiro atoms. The summed E-state index contributed by atoms with van der Waals surface area (Å²) in [4.78, 5) is 25.0. The highest BCUT2D eigenvalue weighted by molar-refractivity contribution is 7.89. The number of carbonyl (C=O) groups excluding carboxylic acids is 1. The molecule has 1 heterocycles. The number of ketones is 1. The number of benzene rings is 2. The number of halogens is 1. The second-order valence-electron chi connectivity index (χ2n) is 6.89. The molecule has 1 aliphatic heterocycles. The summed E-state index contributed by atoms with van der Waals surface area (Å²) in [6, 6.07) is 12.0. The summed E-state index contributed by atoms with van der Waals surface area (Å²) in [6.07, 6.45) is 0.688. The molecule has 7 nitrogen and oxygen atoms in total. The maximum atomic E-state index is 13.2. The summed E-state index contributed by atoms with van der Waals surface area (Å²) >= 11 is 5.91. The third-order valence-electron chi connectivity index (χ3n) is 5.05. The second-order valence-corrected chi connectivity index (χ2v) is 9.21. The van der Waals surface area contributed by atoms with Crippen LogP contribution in [0.3, 0.4) is 0 Å². The molecule has 1 aliphatic rings. The van der Waals surface area contributed by atoms with Crippen LogP contribution in [0.15, 0.2) is 59.5 Å². The van der Waals surface area contributed by atoms with Gasteiger partial charge in [0.1, 0.15) is 5.92 Å². The van der Waals surface area contributed by atoms with Crippen LogP contribution in [0.25, 0.3) is 0 Å². The minimum Gasteiger partial charge on any atom is -0.481 e. The van der Waals surface area contributed by atoms with Crippen LogP contribution < -0.4 is 5.73 Å². The van der Waals surface area contributed by atoms with Crippen LogP contribution in [0.4, 0.5) is 0 Å². The van der Waals surface area contributed by atoms with Gasteiger partial charge < -0.3 is 10.8 Å². The molecule has 2 aromatic carbocycles. The van der Waals surface area contributed by atoms with Crippen LogP contribution in [0, 0.1) is 5.92 Å². The third-order valence-corrected chi connectivity index (χ3v) is 7.19. The highest BCUT2D eigenvalue weighted by Gasteiger charge is 2.45. The number of hydrogen-bond acceptors (Lipinski definition) is 5. The number of aliphatic carboxylic acids is 1. The van der Waals surface area contributed by atoms with E-state index in [1.165, 1.54) is 18.2 Å². The van der Waals surface area contributed by atoms with E-state index in [9.17, 15) is 23.1 Å². The van der Waals surface area contributed by atoms with Crippen molar-refractivity contribution >= 4 is 33.4 Å². The van der Waals surface area contributed by atoms with Gasteiger partial charge in [-0.15, -0.1) is 0 Å². The smallest absolute Gasteiger partial charge is 0.316 e. The van der Waals surface area contributed by atoms with Gasteiger partial charge in [-0.05, 0) is 36.6 Å². The Morgan fingerprint density at radius 2 is 1.83 bits per heavy atom. The van der Waals surface area contributed by atoms with Crippen molar-refractivity contribution < 1.29 is 23.1 Å². The fourth-order valence-corrected chi connectivity index (χ4v) is 5.57. The summed E-state index contributed by atoms with van der Waals surface area (Å²) in [5.41, 5.74) is 6.60. The molecule has 0 aromatic heterocycles. The first-order valence-corrected chi connectivity index (χ1v) is 10.9. The van der Waals surface area contributed by atoms with Gasteiger partial charge in [0.05, 0.1) is 17.0 Å². The van der Waals surface area contributed by atoms with E-state index in [2.05, 4.69) is 0 Å². The zero-order chi connectivity index (χ0) is 21.2. The average Bonchev–Trinajstić information content (AvgIpc) is 3.19. The first-order chi connectivity index (χ1) is 13.7. The van der Waals surface area contributed by atoms with Crippen LogP contribution in [0.5, 0.6) is 0 Å². The molecular formula is C20H21ClN2O5S. The fraction of sp³-hybridized carbons (Fsp3) is 0.300. The highest BCUT2D eigenvalue weighted by Crippen LogP contribution is 2.32. The number of Topliss-reactive ketones (excluding diaryl/α,β-unsaturated/α-hetero) is 1. The molecule has 3 atom stereocenters. The molecule has 3 N–H and O–H groups in total. The lowest BCUT2D eigenvalue weighted by Crippen LogP contribution is -2.47. The van der Waals surface area contributed by atoms with Gasteiger partial charge in [-0.3, -0.25) is 9.59 Å². The number of carboxylic acid groups (broad SMARTS) is 1. The Labute approximate surface area is 174 Å². The standard InChI is InChI=1S/C20H21ClN2O5S/c21-14-8-4-9-15(12-14)29(27,28)23-11-5-10-16(23)19(24)17(20(25)26)18(22)13-6-2-1-3-7-13/h1-4,6-9,12,16-18H,5,10-11,22H2,(H,25,26)/t16-,17?,18-/m0/s1. The summed E-state index contributed by atoms with van der Waals surface area (Å²) in [5.74, 6) is -3.65. The van der Waals surface area contributed by atoms with E-state index < -0.39 is 39.8 Å². The van der Waals surface area contributed by atoms with Gasteiger partial charge in [0.25, 0.3) is 0 Å². The molecule has 0 bridgehead atoms. The number of sulfonamides is 1. The predicted molar refractivity (Wildman–Crippen MR) is 108 cm³/mol. The number of nitrogens with two attached hydrogens (primary N) is 1. The van der Waals surface area contributed by atoms with E-state index in [0.717, 1.165) is 4.31 Å². The van der Waals surface area contributed by atoms with Crippen molar-refractivity contribution in [2.75, 3.05) is 6.54 Å². The van der Waals surface area contributed by atoms with Crippen LogP contribution in [0.2, 0.25) is 5.02 Å². The summed E-state index contributed by atoms with van der Waals surface area (Å²) in [6.45, 7) is 0.123. The minimum atomic E-state index is -4.01. The summed E-state index contributed by atoms with van der Waals surface area (Å²) < 4.78 is 27.2. The van der Waals surface area contributed by atoms with Gasteiger partial charge in [0.15, 0.2) is 5.78 Å². The largest absolute Gasteiger partial charge is 0.481 e. The molecule has 0 amide bonds. The molecular weight excluding hydrogens is 416 g/mol. The first kappa shape index (κ1) is 21.4. The summed E-state index contributed by atoms with van der Waals surface area (Å²) in [5, 5.41) is 9.94. The molecule has 3 rings (SSSR count). The van der Waals surface area contributed by atoms with Crippen molar-refractivity contribution in [2.45, 2.75) is 29.8 Å². The molecule has 1 fully saturated rings. The maximum Gasteiger partial charge on any atom is 0.316 e. The van der Waals surface area contributed by atoms with Crippen molar-refractivity contribution in [3.8, 4) is 0 Å². The molecule has 0 saturated carbocycles. The van der Waals surface area contributed by atoms with Crippen molar-refractivity contribution in [3.05, 3.63) is 65.2 Å². The third kappa shape index (κ3) is 4.35. The average molecular weight is 437 g/mol. The van der Waals surface area contributed by atoms with E-state index in [1.807, 2.05) is 0 Å². The SMILES string of the molecule is N[C@@H](c1ccccc1)C(C(=O)O)C(=O)[C@@H]1CCCN1S(=O)(=O)c1cccc(Cl)c1. The van der Waals surface area contributed by atoms with Gasteiger partial charge >= 0.3 is 5.97 Å². The lowest BCUT2D eigenvalue weighted by molar-refractivity contribution is -0.148. The Morgan fingerprint density at radius 3 is 2.45 bits per heavy atom.